The Kier molecular flexibility index (Phi) is 5.40. The zero-order valence-corrected chi connectivity index (χ0v) is 16.1. The van der Waals surface area contributed by atoms with Gasteiger partial charge in [0.15, 0.2) is 0 Å². The van der Waals surface area contributed by atoms with E-state index in [0.29, 0.717) is 24.0 Å². The van der Waals surface area contributed by atoms with Crippen molar-refractivity contribution in [2.24, 2.45) is 5.73 Å². The van der Waals surface area contributed by atoms with E-state index in [1.165, 1.54) is 30.5 Å². The summed E-state index contributed by atoms with van der Waals surface area (Å²) in [5.74, 6) is 0.840. The molecular weight excluding hydrogens is 372 g/mol. The Morgan fingerprint density at radius 1 is 1.10 bits per heavy atom. The quantitative estimate of drug-likeness (QED) is 0.597. The van der Waals surface area contributed by atoms with Gasteiger partial charge in [0.05, 0.1) is 6.61 Å². The maximum Gasteiger partial charge on any atom is 0.511 e. The van der Waals surface area contributed by atoms with Crippen molar-refractivity contribution in [1.29, 1.82) is 0 Å². The first-order valence-corrected chi connectivity index (χ1v) is 9.84. The number of nitrogens with zero attached hydrogens (tertiary/aromatic N) is 1. The Morgan fingerprint density at radius 2 is 1.97 bits per heavy atom. The standard InChI is InChI=1S/C13H16N2O.C9H8O4/c14-13(16)10-4-3-9-5-7-15-6-1-2-12(15)11(9)8-10;10-9(11)13-7-1-2-8-6(5-7)3-4-12-8/h3-4,8,12H,1-2,5-7H2,(H2,14,16);1-2,5H,3-4H2,(H,10,11). The molecule has 3 N–H and O–H groups in total. The fraction of sp³-hybridized carbons (Fsp3) is 0.364. The molecule has 0 aliphatic carbocycles. The number of benzene rings is 2. The maximum atomic E-state index is 11.2. The fourth-order valence-electron chi connectivity index (χ4n) is 4.32. The lowest BCUT2D eigenvalue weighted by atomic mass is 9.91. The summed E-state index contributed by atoms with van der Waals surface area (Å²) < 4.78 is 9.76. The molecule has 1 unspecified atom stereocenters. The Bertz CT molecular complexity index is 943. The lowest BCUT2D eigenvalue weighted by Crippen LogP contribution is -2.31. The van der Waals surface area contributed by atoms with E-state index in [4.69, 9.17) is 15.6 Å². The summed E-state index contributed by atoms with van der Waals surface area (Å²) in [5, 5.41) is 8.36. The van der Waals surface area contributed by atoms with Crippen LogP contribution >= 0.6 is 0 Å². The van der Waals surface area contributed by atoms with E-state index in [9.17, 15) is 9.59 Å². The third kappa shape index (κ3) is 4.19. The first-order valence-electron chi connectivity index (χ1n) is 9.84. The number of carbonyl (C=O) groups excluding carboxylic acids is 1. The summed E-state index contributed by atoms with van der Waals surface area (Å²) in [7, 11) is 0. The summed E-state index contributed by atoms with van der Waals surface area (Å²) in [6, 6.07) is 11.5. The van der Waals surface area contributed by atoms with E-state index >= 15 is 0 Å². The molecule has 7 nitrogen and oxygen atoms in total. The molecule has 0 bridgehead atoms. The van der Waals surface area contributed by atoms with E-state index < -0.39 is 6.16 Å². The summed E-state index contributed by atoms with van der Waals surface area (Å²) in [5.41, 5.74) is 9.71. The molecule has 1 fully saturated rings. The minimum Gasteiger partial charge on any atom is -0.493 e. The lowest BCUT2D eigenvalue weighted by molar-refractivity contribution is 0.0999. The number of hydrogen-bond acceptors (Lipinski definition) is 5. The number of fused-ring (bicyclic) bond motifs is 4. The van der Waals surface area contributed by atoms with E-state index in [-0.39, 0.29) is 5.91 Å². The van der Waals surface area contributed by atoms with Crippen LogP contribution in [0.3, 0.4) is 0 Å². The predicted octanol–water partition coefficient (Wildman–Crippen LogP) is 3.16. The smallest absolute Gasteiger partial charge is 0.493 e. The molecule has 2 aromatic carbocycles. The predicted molar refractivity (Wildman–Crippen MR) is 107 cm³/mol. The van der Waals surface area contributed by atoms with Crippen LogP contribution in [0.5, 0.6) is 11.5 Å². The zero-order chi connectivity index (χ0) is 20.4. The average molecular weight is 396 g/mol. The molecule has 0 radical (unpaired) electrons. The van der Waals surface area contributed by atoms with E-state index in [2.05, 4.69) is 15.7 Å². The number of nitrogens with two attached hydrogens (primary N) is 1. The van der Waals surface area contributed by atoms with Crippen LogP contribution < -0.4 is 15.2 Å². The number of rotatable bonds is 2. The fourth-order valence-corrected chi connectivity index (χ4v) is 4.32. The minimum atomic E-state index is -1.29. The second-order valence-electron chi connectivity index (χ2n) is 7.46. The zero-order valence-electron chi connectivity index (χ0n) is 16.1. The molecular formula is C22H24N2O5. The third-order valence-electron chi connectivity index (χ3n) is 5.69. The van der Waals surface area contributed by atoms with Gasteiger partial charge in [-0.2, -0.15) is 0 Å². The van der Waals surface area contributed by atoms with E-state index in [0.717, 1.165) is 30.7 Å². The lowest BCUT2D eigenvalue weighted by Gasteiger charge is -2.32. The van der Waals surface area contributed by atoms with Crippen molar-refractivity contribution in [3.63, 3.8) is 0 Å². The topological polar surface area (TPSA) is 102 Å². The van der Waals surface area contributed by atoms with Crippen LogP contribution in [0.2, 0.25) is 0 Å². The first kappa shape index (κ1) is 19.3. The van der Waals surface area contributed by atoms with Crippen molar-refractivity contribution >= 4 is 12.1 Å². The molecule has 0 saturated carbocycles. The summed E-state index contributed by atoms with van der Waals surface area (Å²) >= 11 is 0. The number of primary amides is 1. The van der Waals surface area contributed by atoms with Gasteiger partial charge in [0.25, 0.3) is 0 Å². The van der Waals surface area contributed by atoms with Gasteiger partial charge in [-0.1, -0.05) is 6.07 Å². The Labute approximate surface area is 169 Å². The van der Waals surface area contributed by atoms with Crippen LogP contribution in [-0.4, -0.2) is 41.8 Å². The number of carboxylic acid groups (broad SMARTS) is 1. The van der Waals surface area contributed by atoms with Gasteiger partial charge in [0.2, 0.25) is 5.91 Å². The second-order valence-corrected chi connectivity index (χ2v) is 7.46. The maximum absolute atomic E-state index is 11.2. The molecule has 3 aliphatic heterocycles. The third-order valence-corrected chi connectivity index (χ3v) is 5.69. The molecule has 3 heterocycles. The van der Waals surface area contributed by atoms with Gasteiger partial charge in [-0.3, -0.25) is 9.69 Å². The van der Waals surface area contributed by atoms with Gasteiger partial charge in [-0.05, 0) is 67.3 Å². The highest BCUT2D eigenvalue weighted by molar-refractivity contribution is 5.93. The summed E-state index contributed by atoms with van der Waals surface area (Å²) in [6.07, 6.45) is 3.11. The van der Waals surface area contributed by atoms with Crippen LogP contribution in [0.4, 0.5) is 4.79 Å². The molecule has 1 saturated heterocycles. The molecule has 5 rings (SSSR count). The van der Waals surface area contributed by atoms with Gasteiger partial charge in [0, 0.05) is 30.1 Å². The molecule has 1 amide bonds. The average Bonchev–Trinajstić information content (AvgIpc) is 3.36. The molecule has 152 valence electrons. The van der Waals surface area contributed by atoms with Gasteiger partial charge in [-0.15, -0.1) is 0 Å². The second kappa shape index (κ2) is 8.13. The summed E-state index contributed by atoms with van der Waals surface area (Å²) in [6.45, 7) is 3.02. The Morgan fingerprint density at radius 3 is 2.76 bits per heavy atom. The van der Waals surface area contributed by atoms with Crippen molar-refractivity contribution < 1.29 is 24.2 Å². The Hall–Kier alpha value is -3.06. The van der Waals surface area contributed by atoms with Crippen molar-refractivity contribution in [2.75, 3.05) is 19.7 Å². The van der Waals surface area contributed by atoms with Crippen molar-refractivity contribution in [2.45, 2.75) is 31.7 Å². The van der Waals surface area contributed by atoms with Crippen molar-refractivity contribution in [3.05, 3.63) is 58.7 Å². The Balaban J connectivity index is 0.000000145. The highest BCUT2D eigenvalue weighted by Crippen LogP contribution is 2.37. The normalized spacial score (nSPS) is 19.1. The van der Waals surface area contributed by atoms with Crippen LogP contribution in [0.25, 0.3) is 0 Å². The minimum absolute atomic E-state index is 0.321. The van der Waals surface area contributed by atoms with E-state index in [1.807, 2.05) is 12.1 Å². The highest BCUT2D eigenvalue weighted by Gasteiger charge is 2.31. The number of ether oxygens (including phenoxy) is 2. The van der Waals surface area contributed by atoms with Gasteiger partial charge >= 0.3 is 6.16 Å². The molecule has 2 aromatic rings. The van der Waals surface area contributed by atoms with Crippen LogP contribution in [-0.2, 0) is 12.8 Å². The van der Waals surface area contributed by atoms with Crippen LogP contribution in [0, 0.1) is 0 Å². The summed E-state index contributed by atoms with van der Waals surface area (Å²) in [4.78, 5) is 23.9. The molecule has 0 aromatic heterocycles. The largest absolute Gasteiger partial charge is 0.511 e. The van der Waals surface area contributed by atoms with E-state index in [1.54, 1.807) is 18.2 Å². The van der Waals surface area contributed by atoms with Gasteiger partial charge in [0.1, 0.15) is 11.5 Å². The number of hydrogen-bond donors (Lipinski definition) is 2. The molecule has 1 atom stereocenters. The molecule has 3 aliphatic rings. The van der Waals surface area contributed by atoms with Crippen molar-refractivity contribution in [3.8, 4) is 11.5 Å². The molecule has 7 heteroatoms. The SMILES string of the molecule is NC(=O)c1ccc2c(c1)C1CCCN1CC2.O=C(O)Oc1ccc2c(c1)CCO2. The number of amides is 1. The monoisotopic (exact) mass is 396 g/mol. The van der Waals surface area contributed by atoms with Gasteiger partial charge < -0.3 is 20.3 Å². The molecule has 29 heavy (non-hydrogen) atoms. The molecule has 0 spiro atoms. The van der Waals surface area contributed by atoms with Crippen LogP contribution in [0.15, 0.2) is 36.4 Å². The van der Waals surface area contributed by atoms with Crippen LogP contribution in [0.1, 0.15) is 45.9 Å². The highest BCUT2D eigenvalue weighted by atomic mass is 16.7. The number of carbonyl (C=O) groups is 2. The van der Waals surface area contributed by atoms with Crippen molar-refractivity contribution in [1.82, 2.24) is 4.90 Å². The van der Waals surface area contributed by atoms with Gasteiger partial charge in [-0.25, -0.2) is 4.79 Å². The first-order chi connectivity index (χ1) is 14.0.